The summed E-state index contributed by atoms with van der Waals surface area (Å²) in [6.07, 6.45) is 3.57. The topological polar surface area (TPSA) is 21.6 Å². The van der Waals surface area contributed by atoms with Crippen molar-refractivity contribution in [2.24, 2.45) is 16.8 Å². The van der Waals surface area contributed by atoms with Crippen LogP contribution in [0.5, 0.6) is 0 Å². The fourth-order valence-electron chi connectivity index (χ4n) is 3.30. The smallest absolute Gasteiger partial charge is 0.181 e. The standard InChI is InChI=1S/C14H23NO/c1-9(2)13-7-6-10(3)14(8-13)11(4)15-12(5)16-14/h10-11,13H,1,6-8H2,2-5H3/t10-,11-,13-,14+/m1/s1. The molecule has 0 bridgehead atoms. The maximum absolute atomic E-state index is 6.10. The molecule has 2 aliphatic rings. The van der Waals surface area contributed by atoms with Crippen molar-refractivity contribution in [3.05, 3.63) is 12.2 Å². The molecule has 1 heterocycles. The van der Waals surface area contributed by atoms with Crippen molar-refractivity contribution >= 4 is 5.90 Å². The Labute approximate surface area is 98.8 Å². The van der Waals surface area contributed by atoms with Crippen LogP contribution >= 0.6 is 0 Å². The molecule has 1 aliphatic carbocycles. The van der Waals surface area contributed by atoms with Gasteiger partial charge in [-0.25, -0.2) is 4.99 Å². The summed E-state index contributed by atoms with van der Waals surface area (Å²) in [5, 5.41) is 0. The second kappa shape index (κ2) is 3.90. The molecule has 4 atom stereocenters. The van der Waals surface area contributed by atoms with E-state index in [1.165, 1.54) is 18.4 Å². The van der Waals surface area contributed by atoms with Crippen LogP contribution in [0.3, 0.4) is 0 Å². The largest absolute Gasteiger partial charge is 0.472 e. The van der Waals surface area contributed by atoms with Crippen LogP contribution in [-0.4, -0.2) is 17.5 Å². The molecule has 2 rings (SSSR count). The lowest BCUT2D eigenvalue weighted by molar-refractivity contribution is -0.0381. The maximum atomic E-state index is 6.10. The molecule has 0 aromatic heterocycles. The van der Waals surface area contributed by atoms with Gasteiger partial charge in [-0.05, 0) is 44.9 Å². The lowest BCUT2D eigenvalue weighted by atomic mass is 9.67. The SMILES string of the molecule is C=C(C)[C@@H]1CC[C@@H](C)[C@]2(C1)OC(C)=N[C@@H]2C. The Morgan fingerprint density at radius 1 is 1.44 bits per heavy atom. The van der Waals surface area contributed by atoms with Crippen molar-refractivity contribution in [1.29, 1.82) is 0 Å². The van der Waals surface area contributed by atoms with E-state index in [0.29, 0.717) is 17.9 Å². The Bertz CT molecular complexity index is 334. The molecule has 1 fully saturated rings. The first-order valence-corrected chi connectivity index (χ1v) is 6.34. The molecule has 0 amide bonds. The fourth-order valence-corrected chi connectivity index (χ4v) is 3.30. The minimum atomic E-state index is -0.0497. The van der Waals surface area contributed by atoms with Crippen molar-refractivity contribution in [3.63, 3.8) is 0 Å². The van der Waals surface area contributed by atoms with Crippen molar-refractivity contribution < 1.29 is 4.74 Å². The van der Waals surface area contributed by atoms with Crippen molar-refractivity contribution in [2.45, 2.75) is 58.6 Å². The fraction of sp³-hybridized carbons (Fsp3) is 0.786. The monoisotopic (exact) mass is 221 g/mol. The van der Waals surface area contributed by atoms with Crippen LogP contribution in [0.15, 0.2) is 17.1 Å². The third kappa shape index (κ3) is 1.68. The van der Waals surface area contributed by atoms with E-state index in [1.54, 1.807) is 0 Å². The van der Waals surface area contributed by atoms with Gasteiger partial charge in [-0.2, -0.15) is 0 Å². The number of rotatable bonds is 1. The van der Waals surface area contributed by atoms with E-state index in [-0.39, 0.29) is 5.60 Å². The highest BCUT2D eigenvalue weighted by atomic mass is 16.5. The van der Waals surface area contributed by atoms with Crippen molar-refractivity contribution in [2.75, 3.05) is 0 Å². The Hall–Kier alpha value is -0.790. The Balaban J connectivity index is 2.22. The third-order valence-electron chi connectivity index (χ3n) is 4.47. The van der Waals surface area contributed by atoms with Gasteiger partial charge in [0.25, 0.3) is 0 Å². The highest BCUT2D eigenvalue weighted by Crippen LogP contribution is 2.47. The molecule has 0 unspecified atom stereocenters. The first-order valence-electron chi connectivity index (χ1n) is 6.34. The van der Waals surface area contributed by atoms with Crippen molar-refractivity contribution in [3.8, 4) is 0 Å². The quantitative estimate of drug-likeness (QED) is 0.620. The second-order valence-electron chi connectivity index (χ2n) is 5.61. The zero-order chi connectivity index (χ0) is 11.9. The molecule has 1 spiro atoms. The first-order chi connectivity index (χ1) is 7.45. The van der Waals surface area contributed by atoms with E-state index in [9.17, 15) is 0 Å². The van der Waals surface area contributed by atoms with Crippen LogP contribution in [0.2, 0.25) is 0 Å². The van der Waals surface area contributed by atoms with Crippen LogP contribution in [-0.2, 0) is 4.74 Å². The minimum Gasteiger partial charge on any atom is -0.472 e. The zero-order valence-corrected chi connectivity index (χ0v) is 10.9. The summed E-state index contributed by atoms with van der Waals surface area (Å²) in [5.41, 5.74) is 1.25. The molecule has 2 heteroatoms. The number of aliphatic imine (C=N–C) groups is 1. The first kappa shape index (κ1) is 11.7. The summed E-state index contributed by atoms with van der Waals surface area (Å²) in [6, 6.07) is 0.296. The molecule has 1 saturated carbocycles. The minimum absolute atomic E-state index is 0.0497. The third-order valence-corrected chi connectivity index (χ3v) is 4.47. The van der Waals surface area contributed by atoms with E-state index in [4.69, 9.17) is 4.74 Å². The van der Waals surface area contributed by atoms with E-state index < -0.39 is 0 Å². The van der Waals surface area contributed by atoms with Crippen LogP contribution in [0, 0.1) is 11.8 Å². The molecule has 1 aliphatic heterocycles. The number of ether oxygens (including phenoxy) is 1. The summed E-state index contributed by atoms with van der Waals surface area (Å²) < 4.78 is 6.10. The van der Waals surface area contributed by atoms with E-state index in [0.717, 1.165) is 12.3 Å². The van der Waals surface area contributed by atoms with Gasteiger partial charge in [-0.1, -0.05) is 19.1 Å². The summed E-state index contributed by atoms with van der Waals surface area (Å²) in [5.74, 6) is 2.07. The molecule has 0 N–H and O–H groups in total. The van der Waals surface area contributed by atoms with Gasteiger partial charge in [0.15, 0.2) is 5.90 Å². The highest BCUT2D eigenvalue weighted by molar-refractivity contribution is 5.76. The lowest BCUT2D eigenvalue weighted by Gasteiger charge is -2.44. The number of allylic oxidation sites excluding steroid dienone is 1. The summed E-state index contributed by atoms with van der Waals surface area (Å²) >= 11 is 0. The number of hydrogen-bond acceptors (Lipinski definition) is 2. The molecule has 0 aromatic rings. The Morgan fingerprint density at radius 3 is 2.62 bits per heavy atom. The molecule has 0 aromatic carbocycles. The van der Waals surface area contributed by atoms with Crippen LogP contribution in [0.1, 0.15) is 47.0 Å². The maximum Gasteiger partial charge on any atom is 0.181 e. The van der Waals surface area contributed by atoms with Gasteiger partial charge < -0.3 is 4.74 Å². The van der Waals surface area contributed by atoms with Gasteiger partial charge in [0.1, 0.15) is 5.60 Å². The molecule has 16 heavy (non-hydrogen) atoms. The molecular formula is C14H23NO. The Kier molecular flexibility index (Phi) is 2.85. The molecule has 0 radical (unpaired) electrons. The normalized spacial score (nSPS) is 43.0. The molecular weight excluding hydrogens is 198 g/mol. The van der Waals surface area contributed by atoms with E-state index >= 15 is 0 Å². The van der Waals surface area contributed by atoms with E-state index in [2.05, 4.69) is 32.3 Å². The summed E-state index contributed by atoms with van der Waals surface area (Å²) in [4.78, 5) is 4.57. The van der Waals surface area contributed by atoms with Gasteiger partial charge in [-0.15, -0.1) is 0 Å². The van der Waals surface area contributed by atoms with Gasteiger partial charge in [0.2, 0.25) is 0 Å². The van der Waals surface area contributed by atoms with Crippen LogP contribution in [0.25, 0.3) is 0 Å². The van der Waals surface area contributed by atoms with Gasteiger partial charge in [0, 0.05) is 6.92 Å². The second-order valence-corrected chi connectivity index (χ2v) is 5.61. The van der Waals surface area contributed by atoms with Gasteiger partial charge in [-0.3, -0.25) is 0 Å². The van der Waals surface area contributed by atoms with E-state index in [1.807, 2.05) is 6.92 Å². The molecule has 2 nitrogen and oxygen atoms in total. The van der Waals surface area contributed by atoms with Crippen LogP contribution < -0.4 is 0 Å². The average molecular weight is 221 g/mol. The lowest BCUT2D eigenvalue weighted by Crippen LogP contribution is -2.49. The zero-order valence-electron chi connectivity index (χ0n) is 10.9. The number of nitrogens with zero attached hydrogens (tertiary/aromatic N) is 1. The van der Waals surface area contributed by atoms with Crippen LogP contribution in [0.4, 0.5) is 0 Å². The van der Waals surface area contributed by atoms with Gasteiger partial charge in [0.05, 0.1) is 6.04 Å². The number of hydrogen-bond donors (Lipinski definition) is 0. The predicted molar refractivity (Wildman–Crippen MR) is 67.7 cm³/mol. The van der Waals surface area contributed by atoms with Crippen molar-refractivity contribution in [1.82, 2.24) is 0 Å². The highest BCUT2D eigenvalue weighted by Gasteiger charge is 2.51. The Morgan fingerprint density at radius 2 is 2.12 bits per heavy atom. The molecule has 90 valence electrons. The predicted octanol–water partition coefficient (Wildman–Crippen LogP) is 3.57. The molecule has 0 saturated heterocycles. The summed E-state index contributed by atoms with van der Waals surface area (Å²) in [6.45, 7) is 12.7. The summed E-state index contributed by atoms with van der Waals surface area (Å²) in [7, 11) is 0. The van der Waals surface area contributed by atoms with Gasteiger partial charge >= 0.3 is 0 Å². The average Bonchev–Trinajstić information content (AvgIpc) is 2.47.